The predicted molar refractivity (Wildman–Crippen MR) is 84.6 cm³/mol. The number of nitrogens with zero attached hydrogens (tertiary/aromatic N) is 3. The van der Waals surface area contributed by atoms with Crippen LogP contribution >= 0.6 is 0 Å². The molecule has 1 N–H and O–H groups in total. The molecule has 6 nitrogen and oxygen atoms in total. The molecule has 0 amide bonds. The van der Waals surface area contributed by atoms with Gasteiger partial charge in [-0.15, -0.1) is 0 Å². The van der Waals surface area contributed by atoms with Crippen LogP contribution in [0.4, 0.5) is 11.4 Å². The number of likely N-dealkylation sites (tertiary alicyclic amines) is 1. The Kier molecular flexibility index (Phi) is 5.14. The van der Waals surface area contributed by atoms with E-state index in [0.717, 1.165) is 30.9 Å². The maximum absolute atomic E-state index is 11.0. The monoisotopic (exact) mass is 292 g/mol. The molecule has 2 rings (SSSR count). The van der Waals surface area contributed by atoms with Crippen molar-refractivity contribution in [2.75, 3.05) is 39.5 Å². The van der Waals surface area contributed by atoms with Gasteiger partial charge in [-0.2, -0.15) is 0 Å². The standard InChI is InChI=1S/C15H24N4O2/c1-16-15-7-6-13(19(20)21)9-12(15)10-18-8-4-5-14(18)11-17(2)3/h6-7,9,14,16H,4-5,8,10-11H2,1-3H3. The summed E-state index contributed by atoms with van der Waals surface area (Å²) < 4.78 is 0. The van der Waals surface area contributed by atoms with Gasteiger partial charge in [0.1, 0.15) is 0 Å². The van der Waals surface area contributed by atoms with E-state index in [1.165, 1.54) is 12.8 Å². The summed E-state index contributed by atoms with van der Waals surface area (Å²) in [7, 11) is 6.03. The van der Waals surface area contributed by atoms with E-state index in [2.05, 4.69) is 29.2 Å². The van der Waals surface area contributed by atoms with Crippen molar-refractivity contribution >= 4 is 11.4 Å². The maximum Gasteiger partial charge on any atom is 0.269 e. The van der Waals surface area contributed by atoms with E-state index in [4.69, 9.17) is 0 Å². The number of rotatable bonds is 6. The SMILES string of the molecule is CNc1ccc([N+](=O)[O-])cc1CN1CCCC1CN(C)C. The smallest absolute Gasteiger partial charge is 0.269 e. The van der Waals surface area contributed by atoms with E-state index in [9.17, 15) is 10.1 Å². The van der Waals surface area contributed by atoms with Gasteiger partial charge in [0.05, 0.1) is 4.92 Å². The number of hydrogen-bond acceptors (Lipinski definition) is 5. The van der Waals surface area contributed by atoms with Crippen molar-refractivity contribution in [3.05, 3.63) is 33.9 Å². The van der Waals surface area contributed by atoms with Crippen molar-refractivity contribution in [3.8, 4) is 0 Å². The third kappa shape index (κ3) is 3.92. The van der Waals surface area contributed by atoms with Crippen molar-refractivity contribution in [1.29, 1.82) is 0 Å². The van der Waals surface area contributed by atoms with Crippen LogP contribution in [0.3, 0.4) is 0 Å². The fraction of sp³-hybridized carbons (Fsp3) is 0.600. The molecule has 1 fully saturated rings. The largest absolute Gasteiger partial charge is 0.388 e. The minimum Gasteiger partial charge on any atom is -0.388 e. The zero-order valence-electron chi connectivity index (χ0n) is 13.0. The second kappa shape index (κ2) is 6.87. The zero-order chi connectivity index (χ0) is 15.4. The van der Waals surface area contributed by atoms with Crippen molar-refractivity contribution in [1.82, 2.24) is 9.80 Å². The Balaban J connectivity index is 2.17. The van der Waals surface area contributed by atoms with E-state index in [0.29, 0.717) is 6.04 Å². The highest BCUT2D eigenvalue weighted by atomic mass is 16.6. The van der Waals surface area contributed by atoms with Crippen LogP contribution < -0.4 is 5.32 Å². The number of anilines is 1. The summed E-state index contributed by atoms with van der Waals surface area (Å²) in [5.74, 6) is 0. The predicted octanol–water partition coefficient (Wildman–Crippen LogP) is 2.16. The lowest BCUT2D eigenvalue weighted by Gasteiger charge is -2.27. The summed E-state index contributed by atoms with van der Waals surface area (Å²) in [4.78, 5) is 15.3. The second-order valence-corrected chi connectivity index (χ2v) is 5.88. The first-order valence-electron chi connectivity index (χ1n) is 7.35. The first-order chi connectivity index (χ1) is 10.0. The Morgan fingerprint density at radius 3 is 2.86 bits per heavy atom. The van der Waals surface area contributed by atoms with Gasteiger partial charge in [-0.25, -0.2) is 0 Å². The molecule has 1 aliphatic rings. The van der Waals surface area contributed by atoms with Crippen LogP contribution in [0.15, 0.2) is 18.2 Å². The third-order valence-corrected chi connectivity index (χ3v) is 4.02. The molecule has 1 aromatic carbocycles. The van der Waals surface area contributed by atoms with Gasteiger partial charge in [0.25, 0.3) is 5.69 Å². The van der Waals surface area contributed by atoms with Crippen LogP contribution in [0.5, 0.6) is 0 Å². The first kappa shape index (κ1) is 15.7. The molecule has 0 spiro atoms. The summed E-state index contributed by atoms with van der Waals surface area (Å²) in [6.45, 7) is 2.85. The fourth-order valence-electron chi connectivity index (χ4n) is 3.02. The molecular formula is C15H24N4O2. The van der Waals surface area contributed by atoms with Gasteiger partial charge in [0.2, 0.25) is 0 Å². The van der Waals surface area contributed by atoms with Gasteiger partial charge in [0, 0.05) is 44.0 Å². The second-order valence-electron chi connectivity index (χ2n) is 5.88. The van der Waals surface area contributed by atoms with Crippen LogP contribution in [0, 0.1) is 10.1 Å². The highest BCUT2D eigenvalue weighted by molar-refractivity contribution is 5.55. The van der Waals surface area contributed by atoms with Crippen LogP contribution in [-0.2, 0) is 6.54 Å². The molecule has 1 saturated heterocycles. The number of nitrogens with one attached hydrogen (secondary N) is 1. The van der Waals surface area contributed by atoms with Crippen LogP contribution in [0.1, 0.15) is 18.4 Å². The molecule has 6 heteroatoms. The molecule has 1 aromatic rings. The fourth-order valence-corrected chi connectivity index (χ4v) is 3.02. The lowest BCUT2D eigenvalue weighted by molar-refractivity contribution is -0.384. The molecule has 116 valence electrons. The van der Waals surface area contributed by atoms with E-state index in [1.54, 1.807) is 18.2 Å². The summed E-state index contributed by atoms with van der Waals surface area (Å²) >= 11 is 0. The average molecular weight is 292 g/mol. The van der Waals surface area contributed by atoms with Crippen LogP contribution in [0.25, 0.3) is 0 Å². The number of nitro benzene ring substituents is 1. The van der Waals surface area contributed by atoms with Gasteiger partial charge in [-0.3, -0.25) is 15.0 Å². The van der Waals surface area contributed by atoms with E-state index < -0.39 is 0 Å². The van der Waals surface area contributed by atoms with Gasteiger partial charge in [0.15, 0.2) is 0 Å². The Labute approximate surface area is 125 Å². The first-order valence-corrected chi connectivity index (χ1v) is 7.35. The molecule has 0 bridgehead atoms. The molecule has 1 atom stereocenters. The Morgan fingerprint density at radius 1 is 1.48 bits per heavy atom. The Bertz CT molecular complexity index is 504. The molecule has 0 aliphatic carbocycles. The molecule has 0 radical (unpaired) electrons. The lowest BCUT2D eigenvalue weighted by atomic mass is 10.1. The minimum atomic E-state index is -0.329. The number of non-ortho nitro benzene ring substituents is 1. The molecule has 0 aromatic heterocycles. The third-order valence-electron chi connectivity index (χ3n) is 4.02. The van der Waals surface area contributed by atoms with Crippen LogP contribution in [0.2, 0.25) is 0 Å². The average Bonchev–Trinajstić information content (AvgIpc) is 2.85. The normalized spacial score (nSPS) is 19.1. The molecule has 1 heterocycles. The van der Waals surface area contributed by atoms with Crippen molar-refractivity contribution < 1.29 is 4.92 Å². The molecular weight excluding hydrogens is 268 g/mol. The topological polar surface area (TPSA) is 61.7 Å². The van der Waals surface area contributed by atoms with Crippen molar-refractivity contribution in [3.63, 3.8) is 0 Å². The number of nitro groups is 1. The maximum atomic E-state index is 11.0. The molecule has 21 heavy (non-hydrogen) atoms. The molecule has 1 unspecified atom stereocenters. The zero-order valence-corrected chi connectivity index (χ0v) is 13.0. The quantitative estimate of drug-likeness (QED) is 0.643. The van der Waals surface area contributed by atoms with Crippen molar-refractivity contribution in [2.45, 2.75) is 25.4 Å². The Hall–Kier alpha value is -1.66. The van der Waals surface area contributed by atoms with Gasteiger partial charge in [-0.05, 0) is 45.1 Å². The number of hydrogen-bond donors (Lipinski definition) is 1. The molecule has 1 aliphatic heterocycles. The minimum absolute atomic E-state index is 0.160. The number of benzene rings is 1. The van der Waals surface area contributed by atoms with E-state index >= 15 is 0 Å². The summed E-state index contributed by atoms with van der Waals surface area (Å²) in [5, 5.41) is 14.1. The van der Waals surface area contributed by atoms with E-state index in [-0.39, 0.29) is 10.6 Å². The molecule has 0 saturated carbocycles. The summed E-state index contributed by atoms with van der Waals surface area (Å²) in [5.41, 5.74) is 2.13. The van der Waals surface area contributed by atoms with Gasteiger partial charge < -0.3 is 10.2 Å². The highest BCUT2D eigenvalue weighted by Gasteiger charge is 2.26. The van der Waals surface area contributed by atoms with Crippen LogP contribution in [-0.4, -0.2) is 55.0 Å². The van der Waals surface area contributed by atoms with Gasteiger partial charge >= 0.3 is 0 Å². The summed E-state index contributed by atoms with van der Waals surface area (Å²) in [6, 6.07) is 5.57. The lowest BCUT2D eigenvalue weighted by Crippen LogP contribution is -2.37. The summed E-state index contributed by atoms with van der Waals surface area (Å²) in [6.07, 6.45) is 2.39. The van der Waals surface area contributed by atoms with Crippen molar-refractivity contribution in [2.24, 2.45) is 0 Å². The van der Waals surface area contributed by atoms with Gasteiger partial charge in [-0.1, -0.05) is 0 Å². The highest BCUT2D eigenvalue weighted by Crippen LogP contribution is 2.27. The number of likely N-dealkylation sites (N-methyl/N-ethyl adjacent to an activating group) is 1. The van der Waals surface area contributed by atoms with E-state index in [1.807, 2.05) is 7.05 Å². The Morgan fingerprint density at radius 2 is 2.24 bits per heavy atom.